The summed E-state index contributed by atoms with van der Waals surface area (Å²) in [5.41, 5.74) is 4.45. The van der Waals surface area contributed by atoms with Crippen LogP contribution in [0.1, 0.15) is 29.8 Å². The molecule has 1 aliphatic carbocycles. The first kappa shape index (κ1) is 19.9. The average Bonchev–Trinajstić information content (AvgIpc) is 3.10. The van der Waals surface area contributed by atoms with Crippen LogP contribution in [0.4, 0.5) is 0 Å². The van der Waals surface area contributed by atoms with Crippen molar-refractivity contribution in [3.8, 4) is 0 Å². The van der Waals surface area contributed by atoms with Gasteiger partial charge in [0.25, 0.3) is 5.91 Å². The lowest BCUT2D eigenvalue weighted by atomic mass is 9.79. The second kappa shape index (κ2) is 7.76. The second-order valence-corrected chi connectivity index (χ2v) is 7.95. The minimum absolute atomic E-state index is 0.0555. The van der Waals surface area contributed by atoms with Crippen LogP contribution < -0.4 is 0 Å². The summed E-state index contributed by atoms with van der Waals surface area (Å²) in [6, 6.07) is 6.33. The van der Waals surface area contributed by atoms with Gasteiger partial charge < -0.3 is 9.64 Å². The van der Waals surface area contributed by atoms with Crippen LogP contribution in [0.25, 0.3) is 16.5 Å². The fourth-order valence-electron chi connectivity index (χ4n) is 4.88. The Morgan fingerprint density at radius 1 is 1.24 bits per heavy atom. The van der Waals surface area contributed by atoms with E-state index in [9.17, 15) is 9.59 Å². The molecule has 29 heavy (non-hydrogen) atoms. The Kier molecular flexibility index (Phi) is 5.32. The van der Waals surface area contributed by atoms with E-state index in [2.05, 4.69) is 24.1 Å². The summed E-state index contributed by atoms with van der Waals surface area (Å²) >= 11 is 0. The highest BCUT2D eigenvalue weighted by Gasteiger charge is 2.37. The van der Waals surface area contributed by atoms with Gasteiger partial charge in [-0.3, -0.25) is 19.1 Å². The lowest BCUT2D eigenvalue weighted by Crippen LogP contribution is -2.47. The molecular weight excluding hydrogens is 366 g/mol. The van der Waals surface area contributed by atoms with Gasteiger partial charge in [-0.1, -0.05) is 18.2 Å². The molecule has 154 valence electrons. The van der Waals surface area contributed by atoms with Crippen LogP contribution in [0.3, 0.4) is 0 Å². The van der Waals surface area contributed by atoms with Crippen molar-refractivity contribution >= 4 is 28.3 Å². The van der Waals surface area contributed by atoms with Crippen molar-refractivity contribution in [1.82, 2.24) is 14.4 Å². The molecule has 0 bridgehead atoms. The zero-order valence-corrected chi connectivity index (χ0v) is 17.6. The number of likely N-dealkylation sites (N-methyl/N-ethyl adjacent to an activating group) is 1. The molecule has 2 heterocycles. The van der Waals surface area contributed by atoms with Crippen molar-refractivity contribution in [2.45, 2.75) is 26.3 Å². The molecule has 0 fully saturated rings. The summed E-state index contributed by atoms with van der Waals surface area (Å²) in [4.78, 5) is 29.8. The molecule has 0 saturated carbocycles. The van der Waals surface area contributed by atoms with Crippen molar-refractivity contribution in [2.24, 2.45) is 5.92 Å². The Morgan fingerprint density at radius 2 is 2.00 bits per heavy atom. The molecular formula is C23H29N3O3. The van der Waals surface area contributed by atoms with Crippen LogP contribution in [0.15, 0.2) is 30.5 Å². The fraction of sp³-hybridized carbons (Fsp3) is 0.478. The van der Waals surface area contributed by atoms with Gasteiger partial charge in [0, 0.05) is 44.4 Å². The van der Waals surface area contributed by atoms with Crippen LogP contribution in [0.5, 0.6) is 0 Å². The number of nitrogens with zero attached hydrogens (tertiary/aromatic N) is 3. The van der Waals surface area contributed by atoms with E-state index in [1.165, 1.54) is 18.2 Å². The number of fused-ring (bicyclic) bond motifs is 2. The molecule has 2 atom stereocenters. The number of carbonyl (C=O) groups excluding carboxylic acids is 2. The summed E-state index contributed by atoms with van der Waals surface area (Å²) < 4.78 is 6.78. The number of aromatic nitrogens is 1. The first-order chi connectivity index (χ1) is 14.0. The Morgan fingerprint density at radius 3 is 2.69 bits per heavy atom. The van der Waals surface area contributed by atoms with E-state index in [0.29, 0.717) is 0 Å². The van der Waals surface area contributed by atoms with Crippen molar-refractivity contribution in [3.05, 3.63) is 41.6 Å². The number of hydrogen-bond acceptors (Lipinski definition) is 4. The molecule has 6 nitrogen and oxygen atoms in total. The summed E-state index contributed by atoms with van der Waals surface area (Å²) in [6.07, 6.45) is 4.99. The smallest absolute Gasteiger partial charge is 0.257 e. The van der Waals surface area contributed by atoms with Crippen LogP contribution >= 0.6 is 0 Å². The molecule has 1 aliphatic heterocycles. The highest BCUT2D eigenvalue weighted by molar-refractivity contribution is 6.03. The van der Waals surface area contributed by atoms with Gasteiger partial charge in [0.2, 0.25) is 5.91 Å². The van der Waals surface area contributed by atoms with Crippen molar-refractivity contribution in [3.63, 3.8) is 0 Å². The Balaban J connectivity index is 1.81. The van der Waals surface area contributed by atoms with Gasteiger partial charge in [0.15, 0.2) is 0 Å². The minimum Gasteiger partial charge on any atom is -0.375 e. The van der Waals surface area contributed by atoms with Crippen LogP contribution in [0.2, 0.25) is 0 Å². The lowest BCUT2D eigenvalue weighted by Gasteiger charge is -2.40. The maximum Gasteiger partial charge on any atom is 0.257 e. The molecule has 0 radical (unpaired) electrons. The van der Waals surface area contributed by atoms with Crippen LogP contribution in [-0.2, 0) is 16.0 Å². The summed E-state index contributed by atoms with van der Waals surface area (Å²) in [5, 5.41) is 1.13. The van der Waals surface area contributed by atoms with E-state index >= 15 is 0 Å². The summed E-state index contributed by atoms with van der Waals surface area (Å²) in [5.74, 6) is -0.0125. The molecule has 2 aliphatic rings. The Labute approximate surface area is 171 Å². The third-order valence-corrected chi connectivity index (χ3v) is 6.32. The van der Waals surface area contributed by atoms with Crippen LogP contribution in [0, 0.1) is 5.92 Å². The van der Waals surface area contributed by atoms with E-state index in [-0.39, 0.29) is 30.4 Å². The summed E-state index contributed by atoms with van der Waals surface area (Å²) in [6.45, 7) is 6.28. The normalized spacial score (nSPS) is 21.0. The predicted octanol–water partition coefficient (Wildman–Crippen LogP) is 2.67. The largest absolute Gasteiger partial charge is 0.375 e. The zero-order valence-electron chi connectivity index (χ0n) is 17.6. The van der Waals surface area contributed by atoms with Gasteiger partial charge in [-0.25, -0.2) is 0 Å². The van der Waals surface area contributed by atoms with E-state index in [4.69, 9.17) is 4.74 Å². The van der Waals surface area contributed by atoms with Crippen molar-refractivity contribution in [2.75, 3.05) is 40.4 Å². The molecule has 0 saturated heterocycles. The molecule has 6 heteroatoms. The maximum atomic E-state index is 13.0. The zero-order chi connectivity index (χ0) is 20.7. The molecule has 4 rings (SSSR count). The van der Waals surface area contributed by atoms with E-state index in [0.717, 1.165) is 42.5 Å². The molecule has 0 N–H and O–H groups in total. The summed E-state index contributed by atoms with van der Waals surface area (Å²) in [7, 11) is 3.63. The standard InChI is InChI=1S/C23H29N3O3/c1-5-25(6-2)23(28)16-10-18-17-8-7-9-19-22(17)15(11-20(18)24(3)12-16)13-26(19)21(27)14-29-4/h7-10,13,16,20H,5-6,11-12,14H2,1-4H3/t16-,20-/m1/s1. The van der Waals surface area contributed by atoms with Gasteiger partial charge >= 0.3 is 0 Å². The molecule has 1 aromatic heterocycles. The van der Waals surface area contributed by atoms with Gasteiger partial charge in [-0.15, -0.1) is 0 Å². The topological polar surface area (TPSA) is 54.8 Å². The van der Waals surface area contributed by atoms with Gasteiger partial charge in [0.1, 0.15) is 6.61 Å². The fourth-order valence-corrected chi connectivity index (χ4v) is 4.88. The molecule has 2 aromatic rings. The monoisotopic (exact) mass is 395 g/mol. The van der Waals surface area contributed by atoms with Crippen molar-refractivity contribution in [1.29, 1.82) is 0 Å². The molecule has 0 spiro atoms. The number of methoxy groups -OCH3 is 1. The first-order valence-corrected chi connectivity index (χ1v) is 10.4. The third kappa shape index (κ3) is 3.20. The number of carbonyl (C=O) groups is 2. The Hall–Kier alpha value is -2.44. The molecule has 0 unspecified atom stereocenters. The number of rotatable bonds is 5. The molecule has 1 amide bonds. The SMILES string of the molecule is CCN(CC)C(=O)[C@@H]1C=C2c3cccc4c3c(cn4C(=O)COC)C[C@H]2N(C)C1. The Bertz CT molecular complexity index is 987. The number of benzene rings is 1. The third-order valence-electron chi connectivity index (χ3n) is 6.32. The second-order valence-electron chi connectivity index (χ2n) is 7.95. The van der Waals surface area contributed by atoms with Gasteiger partial charge in [0.05, 0.1) is 11.4 Å². The van der Waals surface area contributed by atoms with Gasteiger partial charge in [-0.2, -0.15) is 0 Å². The number of amides is 1. The average molecular weight is 396 g/mol. The highest BCUT2D eigenvalue weighted by atomic mass is 16.5. The van der Waals surface area contributed by atoms with Crippen molar-refractivity contribution < 1.29 is 14.3 Å². The highest BCUT2D eigenvalue weighted by Crippen LogP contribution is 2.41. The minimum atomic E-state index is -0.139. The van der Waals surface area contributed by atoms with E-state index in [1.54, 1.807) is 4.57 Å². The van der Waals surface area contributed by atoms with E-state index in [1.807, 2.05) is 37.1 Å². The molecule has 1 aromatic carbocycles. The predicted molar refractivity (Wildman–Crippen MR) is 114 cm³/mol. The van der Waals surface area contributed by atoms with E-state index < -0.39 is 0 Å². The first-order valence-electron chi connectivity index (χ1n) is 10.4. The van der Waals surface area contributed by atoms with Gasteiger partial charge in [-0.05, 0) is 50.1 Å². The number of hydrogen-bond donors (Lipinski definition) is 0. The lowest BCUT2D eigenvalue weighted by molar-refractivity contribution is -0.134. The maximum absolute atomic E-state index is 13.0. The number of ether oxygens (including phenoxy) is 1. The van der Waals surface area contributed by atoms with Crippen LogP contribution in [-0.4, -0.2) is 72.6 Å². The quantitative estimate of drug-likeness (QED) is 0.781.